The van der Waals surface area contributed by atoms with Crippen molar-refractivity contribution < 1.29 is 26.7 Å². The Morgan fingerprint density at radius 2 is 1.79 bits per heavy atom. The summed E-state index contributed by atoms with van der Waals surface area (Å²) in [5.41, 5.74) is -1.19. The Hall–Kier alpha value is -1.99. The van der Waals surface area contributed by atoms with E-state index in [1.807, 2.05) is 11.5 Å². The van der Waals surface area contributed by atoms with Crippen molar-refractivity contribution in [1.29, 1.82) is 0 Å². The number of imidazole rings is 1. The van der Waals surface area contributed by atoms with Gasteiger partial charge in [0, 0.05) is 36.9 Å². The van der Waals surface area contributed by atoms with Gasteiger partial charge in [-0.3, -0.25) is 4.79 Å². The van der Waals surface area contributed by atoms with Gasteiger partial charge in [0.2, 0.25) is 0 Å². The number of rotatable bonds is 7. The number of halogens is 5. The van der Waals surface area contributed by atoms with Crippen LogP contribution in [0.15, 0.2) is 12.1 Å². The van der Waals surface area contributed by atoms with Crippen LogP contribution in [0.25, 0.3) is 11.0 Å². The molecule has 2 aliphatic rings. The number of Topliss-reactive ketones (excluding diaryl/α,β-unsaturated/α-hetero) is 1. The first-order valence-corrected chi connectivity index (χ1v) is 10.0. The summed E-state index contributed by atoms with van der Waals surface area (Å²) in [6.07, 6.45) is -1.17. The molecule has 1 aromatic carbocycles. The van der Waals surface area contributed by atoms with E-state index in [9.17, 15) is 26.7 Å². The first-order chi connectivity index (χ1) is 13.5. The summed E-state index contributed by atoms with van der Waals surface area (Å²) in [6, 6.07) is 2.22. The monoisotopic (exact) mass is 414 g/mol. The van der Waals surface area contributed by atoms with Crippen LogP contribution in [-0.2, 0) is 16.8 Å². The number of hydrogen-bond donors (Lipinski definition) is 0. The standard InChI is InChI=1S/C21H23F5N2O/c1-19(6-3-7-19)28-17-11-15(23)14(22)10-16(17)27-18(28)5-2-4-13(29)12-20(8-9-20)21(24,25)26/h10-11H,2-9,12H2,1H3. The van der Waals surface area contributed by atoms with Gasteiger partial charge in [0.05, 0.1) is 16.4 Å². The van der Waals surface area contributed by atoms with Gasteiger partial charge in [-0.2, -0.15) is 13.2 Å². The minimum absolute atomic E-state index is 0.0213. The minimum Gasteiger partial charge on any atom is -0.322 e. The van der Waals surface area contributed by atoms with E-state index in [0.717, 1.165) is 31.4 Å². The molecule has 0 amide bonds. The van der Waals surface area contributed by atoms with Crippen molar-refractivity contribution in [1.82, 2.24) is 9.55 Å². The molecule has 0 radical (unpaired) electrons. The number of alkyl halides is 3. The molecule has 0 N–H and O–H groups in total. The van der Waals surface area contributed by atoms with Gasteiger partial charge < -0.3 is 4.57 Å². The van der Waals surface area contributed by atoms with Crippen molar-refractivity contribution in [3.63, 3.8) is 0 Å². The first-order valence-electron chi connectivity index (χ1n) is 10.0. The zero-order valence-corrected chi connectivity index (χ0v) is 16.2. The molecule has 0 aliphatic heterocycles. The zero-order valence-electron chi connectivity index (χ0n) is 16.2. The van der Waals surface area contributed by atoms with Crippen molar-refractivity contribution in [2.45, 2.75) is 76.4 Å². The highest BCUT2D eigenvalue weighted by atomic mass is 19.4. The quantitative estimate of drug-likeness (QED) is 0.534. The average Bonchev–Trinajstić information content (AvgIpc) is 3.30. The van der Waals surface area contributed by atoms with Crippen molar-refractivity contribution in [3.05, 3.63) is 29.6 Å². The first kappa shape index (κ1) is 20.3. The molecule has 0 saturated heterocycles. The number of carbonyl (C=O) groups is 1. The molecule has 3 nitrogen and oxygen atoms in total. The molecule has 0 unspecified atom stereocenters. The summed E-state index contributed by atoms with van der Waals surface area (Å²) in [6.45, 7) is 2.04. The van der Waals surface area contributed by atoms with Crippen molar-refractivity contribution >= 4 is 16.8 Å². The molecular weight excluding hydrogens is 391 g/mol. The van der Waals surface area contributed by atoms with E-state index < -0.39 is 35.4 Å². The predicted molar refractivity (Wildman–Crippen MR) is 97.4 cm³/mol. The zero-order chi connectivity index (χ0) is 21.0. The van der Waals surface area contributed by atoms with Crippen molar-refractivity contribution in [3.8, 4) is 0 Å². The Balaban J connectivity index is 1.49. The largest absolute Gasteiger partial charge is 0.394 e. The topological polar surface area (TPSA) is 34.9 Å². The van der Waals surface area contributed by atoms with Gasteiger partial charge in [-0.25, -0.2) is 13.8 Å². The SMILES string of the molecule is CC1(n2c(CCCC(=O)CC3(C(F)(F)F)CC3)nc3cc(F)c(F)cc32)CCC1. The third-order valence-corrected chi connectivity index (χ3v) is 6.58. The van der Waals surface area contributed by atoms with Gasteiger partial charge in [0.25, 0.3) is 0 Å². The van der Waals surface area contributed by atoms with E-state index in [1.165, 1.54) is 0 Å². The highest BCUT2D eigenvalue weighted by Crippen LogP contribution is 2.60. The summed E-state index contributed by atoms with van der Waals surface area (Å²) in [7, 11) is 0. The van der Waals surface area contributed by atoms with Crippen LogP contribution < -0.4 is 0 Å². The van der Waals surface area contributed by atoms with Crippen LogP contribution in [0.1, 0.15) is 64.1 Å². The molecule has 158 valence electrons. The maximum absolute atomic E-state index is 13.8. The fraction of sp³-hybridized carbons (Fsp3) is 0.619. The molecule has 2 saturated carbocycles. The Morgan fingerprint density at radius 3 is 2.34 bits per heavy atom. The van der Waals surface area contributed by atoms with Crippen LogP contribution in [0.4, 0.5) is 22.0 Å². The van der Waals surface area contributed by atoms with Crippen molar-refractivity contribution in [2.75, 3.05) is 0 Å². The van der Waals surface area contributed by atoms with E-state index in [1.54, 1.807) is 0 Å². The van der Waals surface area contributed by atoms with Gasteiger partial charge in [-0.05, 0) is 45.4 Å². The fourth-order valence-electron chi connectivity index (χ4n) is 4.43. The fourth-order valence-corrected chi connectivity index (χ4v) is 4.43. The van der Waals surface area contributed by atoms with Gasteiger partial charge in [-0.1, -0.05) is 0 Å². The van der Waals surface area contributed by atoms with Crippen LogP contribution >= 0.6 is 0 Å². The van der Waals surface area contributed by atoms with Crippen LogP contribution in [0, 0.1) is 17.0 Å². The van der Waals surface area contributed by atoms with E-state index >= 15 is 0 Å². The number of fused-ring (bicyclic) bond motifs is 1. The maximum atomic E-state index is 13.8. The Bertz CT molecular complexity index is 954. The normalized spacial score (nSPS) is 19.9. The van der Waals surface area contributed by atoms with Gasteiger partial charge in [0.1, 0.15) is 11.6 Å². The summed E-state index contributed by atoms with van der Waals surface area (Å²) >= 11 is 0. The third kappa shape index (κ3) is 3.55. The lowest BCUT2D eigenvalue weighted by Crippen LogP contribution is -2.38. The molecule has 0 atom stereocenters. The highest BCUT2D eigenvalue weighted by Gasteiger charge is 2.63. The number of carbonyl (C=O) groups excluding carboxylic acids is 1. The molecule has 4 rings (SSSR count). The summed E-state index contributed by atoms with van der Waals surface area (Å²) in [5.74, 6) is -1.68. The molecule has 2 fully saturated rings. The second kappa shape index (κ2) is 6.77. The maximum Gasteiger partial charge on any atom is 0.394 e. The smallest absolute Gasteiger partial charge is 0.322 e. The minimum atomic E-state index is -4.33. The molecule has 0 spiro atoms. The molecule has 1 aromatic heterocycles. The molecule has 8 heteroatoms. The van der Waals surface area contributed by atoms with Crippen LogP contribution in [0.3, 0.4) is 0 Å². The van der Waals surface area contributed by atoms with E-state index in [2.05, 4.69) is 4.98 Å². The molecule has 2 aliphatic carbocycles. The summed E-state index contributed by atoms with van der Waals surface area (Å²) in [5, 5.41) is 0. The lowest BCUT2D eigenvalue weighted by atomic mass is 9.78. The van der Waals surface area contributed by atoms with E-state index in [-0.39, 0.29) is 24.8 Å². The number of aromatic nitrogens is 2. The number of aryl methyl sites for hydroxylation is 1. The molecular formula is C21H23F5N2O. The summed E-state index contributed by atoms with van der Waals surface area (Å²) in [4.78, 5) is 16.6. The second-order valence-electron chi connectivity index (χ2n) is 8.82. The van der Waals surface area contributed by atoms with Crippen LogP contribution in [0.2, 0.25) is 0 Å². The van der Waals surface area contributed by atoms with Crippen LogP contribution in [-0.4, -0.2) is 21.5 Å². The molecule has 29 heavy (non-hydrogen) atoms. The van der Waals surface area contributed by atoms with Crippen molar-refractivity contribution in [2.24, 2.45) is 5.41 Å². The second-order valence-corrected chi connectivity index (χ2v) is 8.82. The number of benzene rings is 1. The summed E-state index contributed by atoms with van der Waals surface area (Å²) < 4.78 is 68.5. The predicted octanol–water partition coefficient (Wildman–Crippen LogP) is 5.84. The number of hydrogen-bond acceptors (Lipinski definition) is 2. The van der Waals surface area contributed by atoms with E-state index in [0.29, 0.717) is 29.7 Å². The Labute approximate surface area is 165 Å². The lowest BCUT2D eigenvalue weighted by molar-refractivity contribution is -0.190. The third-order valence-electron chi connectivity index (χ3n) is 6.58. The molecule has 1 heterocycles. The Kier molecular flexibility index (Phi) is 4.74. The lowest BCUT2D eigenvalue weighted by Gasteiger charge is -2.41. The average molecular weight is 414 g/mol. The Morgan fingerprint density at radius 1 is 1.14 bits per heavy atom. The van der Waals surface area contributed by atoms with Gasteiger partial charge >= 0.3 is 6.18 Å². The van der Waals surface area contributed by atoms with Gasteiger partial charge in [-0.15, -0.1) is 0 Å². The number of nitrogens with zero attached hydrogens (tertiary/aromatic N) is 2. The molecule has 2 aromatic rings. The van der Waals surface area contributed by atoms with Gasteiger partial charge in [0.15, 0.2) is 11.6 Å². The molecule has 0 bridgehead atoms. The highest BCUT2D eigenvalue weighted by molar-refractivity contribution is 5.80. The van der Waals surface area contributed by atoms with E-state index in [4.69, 9.17) is 0 Å². The van der Waals surface area contributed by atoms with Crippen LogP contribution in [0.5, 0.6) is 0 Å². The number of ketones is 1.